The molecular formula is C16H12ClN5O2S. The van der Waals surface area contributed by atoms with Gasteiger partial charge in [-0.2, -0.15) is 4.52 Å². The second-order valence-corrected chi connectivity index (χ2v) is 6.75. The first-order chi connectivity index (χ1) is 12.1. The highest BCUT2D eigenvalue weighted by Gasteiger charge is 2.13. The quantitative estimate of drug-likeness (QED) is 0.473. The van der Waals surface area contributed by atoms with Crippen molar-refractivity contribution < 1.29 is 10.2 Å². The van der Waals surface area contributed by atoms with Crippen molar-refractivity contribution in [1.82, 2.24) is 19.8 Å². The molecule has 7 nitrogen and oxygen atoms in total. The van der Waals surface area contributed by atoms with E-state index in [9.17, 15) is 10.2 Å². The smallest absolute Gasteiger partial charge is 0.236 e. The van der Waals surface area contributed by atoms with E-state index >= 15 is 0 Å². The molecule has 0 fully saturated rings. The van der Waals surface area contributed by atoms with Crippen LogP contribution in [0.5, 0.6) is 11.5 Å². The molecule has 0 radical (unpaired) electrons. The van der Waals surface area contributed by atoms with Gasteiger partial charge in [0.15, 0.2) is 17.3 Å². The summed E-state index contributed by atoms with van der Waals surface area (Å²) >= 11 is 7.35. The van der Waals surface area contributed by atoms with Crippen LogP contribution < -0.4 is 5.32 Å². The lowest BCUT2D eigenvalue weighted by Gasteiger charge is -2.02. The molecule has 126 valence electrons. The summed E-state index contributed by atoms with van der Waals surface area (Å²) in [6, 6.07) is 12.0. The van der Waals surface area contributed by atoms with E-state index in [1.165, 1.54) is 23.5 Å². The van der Waals surface area contributed by atoms with Crippen LogP contribution in [-0.4, -0.2) is 30.0 Å². The van der Waals surface area contributed by atoms with Crippen LogP contribution in [0.4, 0.5) is 10.8 Å². The van der Waals surface area contributed by atoms with Gasteiger partial charge >= 0.3 is 0 Å². The lowest BCUT2D eigenvalue weighted by atomic mass is 10.1. The molecule has 4 rings (SSSR count). The van der Waals surface area contributed by atoms with E-state index < -0.39 is 0 Å². The van der Waals surface area contributed by atoms with E-state index in [0.717, 1.165) is 11.3 Å². The number of nitrogens with zero attached hydrogens (tertiary/aromatic N) is 4. The van der Waals surface area contributed by atoms with Gasteiger partial charge in [0.25, 0.3) is 0 Å². The van der Waals surface area contributed by atoms with Crippen molar-refractivity contribution in [3.05, 3.63) is 58.9 Å². The Morgan fingerprint density at radius 1 is 1.08 bits per heavy atom. The van der Waals surface area contributed by atoms with Crippen LogP contribution in [-0.2, 0) is 6.42 Å². The Hall–Kier alpha value is -2.84. The molecule has 0 aliphatic rings. The van der Waals surface area contributed by atoms with Gasteiger partial charge in [0.05, 0.1) is 0 Å². The van der Waals surface area contributed by atoms with E-state index in [1.54, 1.807) is 16.6 Å². The van der Waals surface area contributed by atoms with Crippen LogP contribution >= 0.6 is 22.9 Å². The predicted molar refractivity (Wildman–Crippen MR) is 96.0 cm³/mol. The fraction of sp³-hybridized carbons (Fsp3) is 0.0625. The third-order valence-corrected chi connectivity index (χ3v) is 4.58. The Labute approximate surface area is 151 Å². The number of hydrogen-bond acceptors (Lipinski definition) is 7. The predicted octanol–water partition coefficient (Wildman–Crippen LogP) is 3.58. The van der Waals surface area contributed by atoms with Crippen molar-refractivity contribution in [3.8, 4) is 11.5 Å². The normalized spacial score (nSPS) is 11.1. The van der Waals surface area contributed by atoms with Crippen molar-refractivity contribution in [3.63, 3.8) is 0 Å². The maximum absolute atomic E-state index is 9.61. The minimum atomic E-state index is -0.167. The summed E-state index contributed by atoms with van der Waals surface area (Å²) in [4.78, 5) is 0.655. The van der Waals surface area contributed by atoms with Gasteiger partial charge in [-0.15, -0.1) is 15.3 Å². The highest BCUT2D eigenvalue weighted by molar-refractivity contribution is 7.20. The number of aromatic hydroxyl groups is 2. The molecular weight excluding hydrogens is 362 g/mol. The zero-order valence-corrected chi connectivity index (χ0v) is 14.3. The number of aromatic nitrogens is 4. The minimum Gasteiger partial charge on any atom is -0.504 e. The largest absolute Gasteiger partial charge is 0.504 e. The maximum atomic E-state index is 9.61. The number of nitrogens with one attached hydrogen (secondary N) is 1. The Morgan fingerprint density at radius 3 is 2.76 bits per heavy atom. The molecule has 25 heavy (non-hydrogen) atoms. The van der Waals surface area contributed by atoms with Crippen molar-refractivity contribution >= 4 is 38.7 Å². The molecule has 0 saturated carbocycles. The number of hydrogen-bond donors (Lipinski definition) is 3. The highest BCUT2D eigenvalue weighted by atomic mass is 35.5. The molecule has 4 aromatic rings. The molecule has 2 aromatic carbocycles. The molecule has 0 aliphatic heterocycles. The zero-order valence-electron chi connectivity index (χ0n) is 12.7. The molecule has 3 N–H and O–H groups in total. The molecule has 0 aliphatic carbocycles. The van der Waals surface area contributed by atoms with Crippen LogP contribution in [0.1, 0.15) is 11.4 Å². The summed E-state index contributed by atoms with van der Waals surface area (Å²) in [5.41, 5.74) is 1.63. The highest BCUT2D eigenvalue weighted by Crippen LogP contribution is 2.27. The van der Waals surface area contributed by atoms with Gasteiger partial charge in [-0.05, 0) is 35.9 Å². The zero-order chi connectivity index (χ0) is 17.4. The van der Waals surface area contributed by atoms with Crippen molar-refractivity contribution in [2.75, 3.05) is 5.32 Å². The van der Waals surface area contributed by atoms with Crippen molar-refractivity contribution in [1.29, 1.82) is 0 Å². The fourth-order valence-corrected chi connectivity index (χ4v) is 3.34. The van der Waals surface area contributed by atoms with Gasteiger partial charge < -0.3 is 15.5 Å². The molecule has 0 unspecified atom stereocenters. The SMILES string of the molecule is Oc1ccc(Cc2nnc3sc(Nc4cccc(Cl)c4)nn23)cc1O. The fourth-order valence-electron chi connectivity index (χ4n) is 2.37. The first-order valence-electron chi connectivity index (χ1n) is 7.33. The summed E-state index contributed by atoms with van der Waals surface area (Å²) < 4.78 is 1.65. The molecule has 0 bridgehead atoms. The Kier molecular flexibility index (Phi) is 3.90. The van der Waals surface area contributed by atoms with Crippen molar-refractivity contribution in [2.45, 2.75) is 6.42 Å². The number of anilines is 2. The number of fused-ring (bicyclic) bond motifs is 1. The lowest BCUT2D eigenvalue weighted by molar-refractivity contribution is 0.403. The van der Waals surface area contributed by atoms with Crippen LogP contribution in [0.3, 0.4) is 0 Å². The summed E-state index contributed by atoms with van der Waals surface area (Å²) in [7, 11) is 0. The molecule has 0 atom stereocenters. The summed E-state index contributed by atoms with van der Waals surface area (Å²) in [5, 5.41) is 36.2. The molecule has 0 spiro atoms. The van der Waals surface area contributed by atoms with E-state index in [4.69, 9.17) is 11.6 Å². The summed E-state index contributed by atoms with van der Waals surface area (Å²) in [6.07, 6.45) is 0.426. The van der Waals surface area contributed by atoms with E-state index in [2.05, 4.69) is 20.6 Å². The number of rotatable bonds is 4. The van der Waals surface area contributed by atoms with Crippen LogP contribution in [0.25, 0.3) is 4.96 Å². The van der Waals surface area contributed by atoms with Gasteiger partial charge in [-0.25, -0.2) is 0 Å². The van der Waals surface area contributed by atoms with Crippen LogP contribution in [0.2, 0.25) is 5.02 Å². The average molecular weight is 374 g/mol. The first kappa shape index (κ1) is 15.7. The molecule has 2 aromatic heterocycles. The number of benzene rings is 2. The third kappa shape index (κ3) is 3.21. The van der Waals surface area contributed by atoms with Gasteiger partial charge in [-0.1, -0.05) is 35.1 Å². The Bertz CT molecular complexity index is 1060. The summed E-state index contributed by atoms with van der Waals surface area (Å²) in [6.45, 7) is 0. The standard InChI is InChI=1S/C16H12ClN5O2S/c17-10-2-1-3-11(8-10)18-15-21-22-14(19-20-16(22)25-15)7-9-4-5-12(23)13(24)6-9/h1-6,8,23-24H,7H2,(H,18,21). The second-order valence-electron chi connectivity index (χ2n) is 5.35. The first-order valence-corrected chi connectivity index (χ1v) is 8.52. The van der Waals surface area contributed by atoms with Gasteiger partial charge in [0.1, 0.15) is 0 Å². The number of phenols is 2. The number of phenolic OH excluding ortho intramolecular Hbond substituents is 2. The van der Waals surface area contributed by atoms with Gasteiger partial charge in [0.2, 0.25) is 10.1 Å². The van der Waals surface area contributed by atoms with E-state index in [1.807, 2.05) is 18.2 Å². The van der Waals surface area contributed by atoms with Gasteiger partial charge in [-0.3, -0.25) is 0 Å². The monoisotopic (exact) mass is 373 g/mol. The number of halogens is 1. The van der Waals surface area contributed by atoms with E-state index in [-0.39, 0.29) is 11.5 Å². The third-order valence-electron chi connectivity index (χ3n) is 3.53. The molecule has 0 amide bonds. The van der Waals surface area contributed by atoms with Gasteiger partial charge in [0, 0.05) is 17.1 Å². The second kappa shape index (κ2) is 6.23. The lowest BCUT2D eigenvalue weighted by Crippen LogP contribution is -1.98. The van der Waals surface area contributed by atoms with Crippen LogP contribution in [0.15, 0.2) is 42.5 Å². The summed E-state index contributed by atoms with van der Waals surface area (Å²) in [5.74, 6) is 0.312. The minimum absolute atomic E-state index is 0.156. The molecule has 9 heteroatoms. The van der Waals surface area contributed by atoms with Crippen LogP contribution in [0, 0.1) is 0 Å². The van der Waals surface area contributed by atoms with Crippen molar-refractivity contribution in [2.24, 2.45) is 0 Å². The maximum Gasteiger partial charge on any atom is 0.236 e. The average Bonchev–Trinajstić information content (AvgIpc) is 3.12. The van der Waals surface area contributed by atoms with E-state index in [0.29, 0.717) is 27.4 Å². The Morgan fingerprint density at radius 2 is 1.96 bits per heavy atom. The Balaban J connectivity index is 1.60. The topological polar surface area (TPSA) is 95.6 Å². The molecule has 0 saturated heterocycles. The molecule has 2 heterocycles.